The maximum Gasteiger partial charge on any atom is 0.124 e. The topological polar surface area (TPSA) is 30.5 Å². The van der Waals surface area contributed by atoms with Gasteiger partial charge < -0.3 is 14.8 Å². The van der Waals surface area contributed by atoms with Crippen molar-refractivity contribution in [3.63, 3.8) is 0 Å². The van der Waals surface area contributed by atoms with Crippen LogP contribution in [0.1, 0.15) is 46.2 Å². The molecule has 1 aliphatic rings. The molecule has 5 unspecified atom stereocenters. The smallest absolute Gasteiger partial charge is 0.124 e. The third-order valence-electron chi connectivity index (χ3n) is 4.63. The van der Waals surface area contributed by atoms with Gasteiger partial charge in [-0.2, -0.15) is 0 Å². The van der Waals surface area contributed by atoms with E-state index >= 15 is 0 Å². The number of hydrogen-bond acceptors (Lipinski definition) is 3. The van der Waals surface area contributed by atoms with Gasteiger partial charge >= 0.3 is 0 Å². The van der Waals surface area contributed by atoms with Crippen molar-refractivity contribution >= 4 is 0 Å². The number of rotatable bonds is 5. The summed E-state index contributed by atoms with van der Waals surface area (Å²) in [6.07, 6.45) is 0.732. The average Bonchev–Trinajstić information content (AvgIpc) is 2.67. The average molecular weight is 291 g/mol. The van der Waals surface area contributed by atoms with Crippen molar-refractivity contribution in [1.82, 2.24) is 5.32 Å². The summed E-state index contributed by atoms with van der Waals surface area (Å²) >= 11 is 0. The van der Waals surface area contributed by atoms with Crippen LogP contribution in [0.15, 0.2) is 24.3 Å². The molecule has 1 heterocycles. The Labute approximate surface area is 129 Å². The van der Waals surface area contributed by atoms with Crippen molar-refractivity contribution in [2.75, 3.05) is 7.05 Å². The van der Waals surface area contributed by atoms with Crippen molar-refractivity contribution in [2.24, 2.45) is 11.8 Å². The largest absolute Gasteiger partial charge is 0.491 e. The molecule has 5 atom stereocenters. The SMILES string of the molecule is CNC(c1ccccc1OC(C)C)C1C(C)OC(C)C1C. The molecule has 0 spiro atoms. The van der Waals surface area contributed by atoms with Gasteiger partial charge in [-0.15, -0.1) is 0 Å². The first kappa shape index (κ1) is 16.3. The molecule has 0 radical (unpaired) electrons. The van der Waals surface area contributed by atoms with Crippen LogP contribution >= 0.6 is 0 Å². The highest BCUT2D eigenvalue weighted by molar-refractivity contribution is 5.37. The summed E-state index contributed by atoms with van der Waals surface area (Å²) in [7, 11) is 2.03. The van der Waals surface area contributed by atoms with Crippen molar-refractivity contribution in [3.05, 3.63) is 29.8 Å². The van der Waals surface area contributed by atoms with Gasteiger partial charge in [-0.1, -0.05) is 25.1 Å². The van der Waals surface area contributed by atoms with Crippen molar-refractivity contribution < 1.29 is 9.47 Å². The van der Waals surface area contributed by atoms with E-state index in [0.717, 1.165) is 5.75 Å². The van der Waals surface area contributed by atoms with Crippen LogP contribution in [0, 0.1) is 11.8 Å². The van der Waals surface area contributed by atoms with Gasteiger partial charge in [0.2, 0.25) is 0 Å². The summed E-state index contributed by atoms with van der Waals surface area (Å²) in [5.41, 5.74) is 1.23. The summed E-state index contributed by atoms with van der Waals surface area (Å²) in [4.78, 5) is 0. The first-order valence-corrected chi connectivity index (χ1v) is 8.04. The Morgan fingerprint density at radius 2 is 1.76 bits per heavy atom. The number of hydrogen-bond donors (Lipinski definition) is 1. The molecule has 0 aromatic heterocycles. The van der Waals surface area contributed by atoms with Crippen LogP contribution in [0.5, 0.6) is 5.75 Å². The van der Waals surface area contributed by atoms with E-state index in [2.05, 4.69) is 58.1 Å². The lowest BCUT2D eigenvalue weighted by molar-refractivity contribution is 0.0476. The van der Waals surface area contributed by atoms with Crippen LogP contribution < -0.4 is 10.1 Å². The molecule has 0 aliphatic carbocycles. The van der Waals surface area contributed by atoms with Gasteiger partial charge in [-0.25, -0.2) is 0 Å². The molecule has 21 heavy (non-hydrogen) atoms. The van der Waals surface area contributed by atoms with E-state index in [4.69, 9.17) is 9.47 Å². The second kappa shape index (κ2) is 6.80. The molecule has 1 aliphatic heterocycles. The lowest BCUT2D eigenvalue weighted by atomic mass is 9.80. The van der Waals surface area contributed by atoms with Gasteiger partial charge in [0.1, 0.15) is 5.75 Å². The summed E-state index contributed by atoms with van der Waals surface area (Å²) in [6, 6.07) is 8.60. The maximum absolute atomic E-state index is 6.03. The minimum atomic E-state index is 0.178. The molecule has 0 saturated carbocycles. The van der Waals surface area contributed by atoms with Crippen LogP contribution in [-0.2, 0) is 4.74 Å². The van der Waals surface area contributed by atoms with Crippen LogP contribution in [0.25, 0.3) is 0 Å². The standard InChI is InChI=1S/C18H29NO2/c1-11(2)20-16-10-8-7-9-15(16)18(19-6)17-12(3)13(4)21-14(17)5/h7-14,17-19H,1-6H3. The molecule has 1 fully saturated rings. The zero-order chi connectivity index (χ0) is 15.6. The van der Waals surface area contributed by atoms with Gasteiger partial charge in [-0.3, -0.25) is 0 Å². The fourth-order valence-corrected chi connectivity index (χ4v) is 3.52. The first-order valence-electron chi connectivity index (χ1n) is 8.04. The Morgan fingerprint density at radius 3 is 2.29 bits per heavy atom. The van der Waals surface area contributed by atoms with Crippen LogP contribution in [0.4, 0.5) is 0 Å². The van der Waals surface area contributed by atoms with Crippen molar-refractivity contribution in [1.29, 1.82) is 0 Å². The van der Waals surface area contributed by atoms with E-state index in [9.17, 15) is 0 Å². The van der Waals surface area contributed by atoms with E-state index in [0.29, 0.717) is 17.9 Å². The Kier molecular flexibility index (Phi) is 5.28. The molecular weight excluding hydrogens is 262 g/mol. The van der Waals surface area contributed by atoms with Gasteiger partial charge in [-0.05, 0) is 46.7 Å². The predicted molar refractivity (Wildman–Crippen MR) is 86.7 cm³/mol. The molecule has 1 N–H and O–H groups in total. The highest BCUT2D eigenvalue weighted by Crippen LogP contribution is 2.42. The molecule has 118 valence electrons. The Morgan fingerprint density at radius 1 is 1.10 bits per heavy atom. The minimum Gasteiger partial charge on any atom is -0.491 e. The number of para-hydroxylation sites is 1. The number of benzene rings is 1. The van der Waals surface area contributed by atoms with Crippen LogP contribution in [-0.4, -0.2) is 25.4 Å². The summed E-state index contributed by atoms with van der Waals surface area (Å²) in [5.74, 6) is 1.94. The summed E-state index contributed by atoms with van der Waals surface area (Å²) < 4.78 is 12.0. The maximum atomic E-state index is 6.03. The van der Waals surface area contributed by atoms with Gasteiger partial charge in [0.05, 0.1) is 18.3 Å². The molecular formula is C18H29NO2. The molecule has 3 nitrogen and oxygen atoms in total. The zero-order valence-electron chi connectivity index (χ0n) is 14.1. The third kappa shape index (κ3) is 3.41. The normalized spacial score (nSPS) is 30.6. The van der Waals surface area contributed by atoms with E-state index in [1.54, 1.807) is 0 Å². The Bertz CT molecular complexity index is 460. The van der Waals surface area contributed by atoms with Crippen LogP contribution in [0.3, 0.4) is 0 Å². The fraction of sp³-hybridized carbons (Fsp3) is 0.667. The van der Waals surface area contributed by atoms with Gasteiger partial charge in [0, 0.05) is 17.5 Å². The van der Waals surface area contributed by atoms with Gasteiger partial charge in [0.25, 0.3) is 0 Å². The summed E-state index contributed by atoms with van der Waals surface area (Å²) in [5, 5.41) is 3.50. The fourth-order valence-electron chi connectivity index (χ4n) is 3.52. The molecule has 0 amide bonds. The quantitative estimate of drug-likeness (QED) is 0.895. The number of ether oxygens (including phenoxy) is 2. The molecule has 1 saturated heterocycles. The van der Waals surface area contributed by atoms with Gasteiger partial charge in [0.15, 0.2) is 0 Å². The highest BCUT2D eigenvalue weighted by atomic mass is 16.5. The van der Waals surface area contributed by atoms with Crippen LogP contribution in [0.2, 0.25) is 0 Å². The monoisotopic (exact) mass is 291 g/mol. The van der Waals surface area contributed by atoms with Crippen molar-refractivity contribution in [2.45, 2.75) is 59.0 Å². The third-order valence-corrected chi connectivity index (χ3v) is 4.63. The molecule has 0 bridgehead atoms. The molecule has 2 rings (SSSR count). The Hall–Kier alpha value is -1.06. The lowest BCUT2D eigenvalue weighted by Gasteiger charge is -2.30. The second-order valence-corrected chi connectivity index (χ2v) is 6.45. The highest BCUT2D eigenvalue weighted by Gasteiger charge is 2.42. The Balaban J connectivity index is 2.33. The predicted octanol–water partition coefficient (Wildman–Crippen LogP) is 3.79. The van der Waals surface area contributed by atoms with Crippen molar-refractivity contribution in [3.8, 4) is 5.75 Å². The molecule has 1 aromatic carbocycles. The van der Waals surface area contributed by atoms with E-state index in [-0.39, 0.29) is 18.2 Å². The van der Waals surface area contributed by atoms with E-state index in [1.807, 2.05) is 13.1 Å². The van der Waals surface area contributed by atoms with E-state index in [1.165, 1.54) is 5.56 Å². The molecule has 1 aromatic rings. The minimum absolute atomic E-state index is 0.178. The molecule has 3 heteroatoms. The second-order valence-electron chi connectivity index (χ2n) is 6.45. The lowest BCUT2D eigenvalue weighted by Crippen LogP contribution is -2.33. The first-order chi connectivity index (χ1) is 9.95. The number of nitrogens with one attached hydrogen (secondary N) is 1. The zero-order valence-corrected chi connectivity index (χ0v) is 14.1. The summed E-state index contributed by atoms with van der Waals surface area (Å²) in [6.45, 7) is 10.8. The van der Waals surface area contributed by atoms with E-state index < -0.39 is 0 Å².